The zero-order chi connectivity index (χ0) is 41.3. The molecule has 0 aliphatic carbocycles. The Kier molecular flexibility index (Phi) is 11.4. The topological polar surface area (TPSA) is 156 Å². The van der Waals surface area contributed by atoms with Gasteiger partial charge >= 0.3 is 6.18 Å². The molecule has 7 heterocycles. The van der Waals surface area contributed by atoms with Crippen molar-refractivity contribution in [1.82, 2.24) is 25.2 Å². The Balaban J connectivity index is 0.804. The van der Waals surface area contributed by atoms with Crippen LogP contribution in [0.1, 0.15) is 57.8 Å². The first kappa shape index (κ1) is 40.3. The Bertz CT molecular complexity index is 2120. The number of amides is 4. The van der Waals surface area contributed by atoms with Crippen LogP contribution in [-0.4, -0.2) is 102 Å². The van der Waals surface area contributed by atoms with Gasteiger partial charge in [0.1, 0.15) is 11.1 Å². The number of benzene rings is 1. The van der Waals surface area contributed by atoms with Gasteiger partial charge in [0, 0.05) is 75.6 Å². The smallest absolute Gasteiger partial charge is 0.374 e. The SMILES string of the molecule is O=C1CCC(Nc2ccc(N3CCC(CC(=O)N4CCC5(CC4)CCN(c4cncc(Nc6ncc(Cl)c(N7CCC=C(C(F)(F)F)C7)n6)c4)C5=O)CC3)cc2)C(=O)N1. The molecule has 0 saturated carbocycles. The molecule has 4 fully saturated rings. The van der Waals surface area contributed by atoms with Gasteiger partial charge in [0.2, 0.25) is 29.6 Å². The molecule has 0 radical (unpaired) electrons. The second-order valence-electron chi connectivity index (χ2n) is 16.1. The molecule has 5 aliphatic heterocycles. The molecular weight excluding hydrogens is 789 g/mol. The summed E-state index contributed by atoms with van der Waals surface area (Å²) in [5.74, 6) is 0.217. The number of piperidine rings is 3. The summed E-state index contributed by atoms with van der Waals surface area (Å²) in [6.45, 7) is 3.22. The van der Waals surface area contributed by atoms with Crippen molar-refractivity contribution in [1.29, 1.82) is 0 Å². The number of pyridine rings is 1. The number of nitrogens with zero attached hydrogens (tertiary/aromatic N) is 7. The first-order valence-electron chi connectivity index (χ1n) is 20.1. The van der Waals surface area contributed by atoms with Crippen molar-refractivity contribution < 1.29 is 32.3 Å². The number of hydrogen-bond donors (Lipinski definition) is 3. The predicted octanol–water partition coefficient (Wildman–Crippen LogP) is 5.84. The van der Waals surface area contributed by atoms with Crippen LogP contribution < -0.4 is 30.7 Å². The zero-order valence-corrected chi connectivity index (χ0v) is 33.2. The zero-order valence-electron chi connectivity index (χ0n) is 32.4. The minimum absolute atomic E-state index is 0.0133. The van der Waals surface area contributed by atoms with E-state index in [2.05, 4.69) is 35.8 Å². The third kappa shape index (κ3) is 8.94. The number of imide groups is 1. The van der Waals surface area contributed by atoms with E-state index in [-0.39, 0.29) is 59.3 Å². The van der Waals surface area contributed by atoms with E-state index in [0.717, 1.165) is 37.3 Å². The van der Waals surface area contributed by atoms with E-state index in [1.807, 2.05) is 29.2 Å². The van der Waals surface area contributed by atoms with Crippen LogP contribution in [-0.2, 0) is 19.2 Å². The van der Waals surface area contributed by atoms with Gasteiger partial charge in [0.15, 0.2) is 5.82 Å². The number of carbonyl (C=O) groups excluding carboxylic acids is 4. The lowest BCUT2D eigenvalue weighted by Gasteiger charge is -2.39. The van der Waals surface area contributed by atoms with E-state index >= 15 is 0 Å². The van der Waals surface area contributed by atoms with Gasteiger partial charge in [-0.15, -0.1) is 0 Å². The van der Waals surface area contributed by atoms with Crippen LogP contribution in [0.3, 0.4) is 0 Å². The highest BCUT2D eigenvalue weighted by Crippen LogP contribution is 2.44. The number of anilines is 6. The van der Waals surface area contributed by atoms with Gasteiger partial charge in [0.25, 0.3) is 0 Å². The Morgan fingerprint density at radius 2 is 1.64 bits per heavy atom. The second kappa shape index (κ2) is 16.7. The highest BCUT2D eigenvalue weighted by molar-refractivity contribution is 6.32. The maximum Gasteiger partial charge on any atom is 0.414 e. The van der Waals surface area contributed by atoms with Gasteiger partial charge in [-0.2, -0.15) is 18.2 Å². The summed E-state index contributed by atoms with van der Waals surface area (Å²) >= 11 is 6.33. The van der Waals surface area contributed by atoms with Gasteiger partial charge in [-0.25, -0.2) is 4.98 Å². The molecule has 1 atom stereocenters. The van der Waals surface area contributed by atoms with E-state index in [1.54, 1.807) is 23.4 Å². The maximum atomic E-state index is 14.0. The summed E-state index contributed by atoms with van der Waals surface area (Å²) in [7, 11) is 0. The second-order valence-corrected chi connectivity index (χ2v) is 16.5. The van der Waals surface area contributed by atoms with Crippen LogP contribution in [0.15, 0.2) is 60.6 Å². The predicted molar refractivity (Wildman–Crippen MR) is 217 cm³/mol. The minimum Gasteiger partial charge on any atom is -0.374 e. The molecule has 3 aromatic rings. The summed E-state index contributed by atoms with van der Waals surface area (Å²) in [6.07, 6.45) is 6.42. The number of halogens is 4. The summed E-state index contributed by atoms with van der Waals surface area (Å²) in [6, 6.07) is 9.30. The van der Waals surface area contributed by atoms with Crippen molar-refractivity contribution in [2.75, 3.05) is 71.1 Å². The van der Waals surface area contributed by atoms with E-state index < -0.39 is 23.2 Å². The number of likely N-dealkylation sites (tertiary alicyclic amines) is 1. The molecule has 3 N–H and O–H groups in total. The third-order valence-corrected chi connectivity index (χ3v) is 12.6. The number of rotatable bonds is 9. The number of nitrogens with one attached hydrogen (secondary N) is 3. The average Bonchev–Trinajstić information content (AvgIpc) is 3.54. The molecule has 1 unspecified atom stereocenters. The average molecular weight is 835 g/mol. The lowest BCUT2D eigenvalue weighted by Crippen LogP contribution is -2.47. The summed E-state index contributed by atoms with van der Waals surface area (Å²) in [5, 5.41) is 8.79. The van der Waals surface area contributed by atoms with E-state index in [9.17, 15) is 32.3 Å². The maximum absolute atomic E-state index is 14.0. The van der Waals surface area contributed by atoms with Crippen molar-refractivity contribution in [3.8, 4) is 0 Å². The molecular formula is C41H46ClF3N10O4. The van der Waals surface area contributed by atoms with Crippen LogP contribution in [0.5, 0.6) is 0 Å². The normalized spacial score (nSPS) is 21.5. The summed E-state index contributed by atoms with van der Waals surface area (Å²) < 4.78 is 40.2. The van der Waals surface area contributed by atoms with Gasteiger partial charge < -0.3 is 30.2 Å². The highest BCUT2D eigenvalue weighted by atomic mass is 35.5. The number of hydrogen-bond acceptors (Lipinski definition) is 11. The van der Waals surface area contributed by atoms with Crippen LogP contribution in [0.25, 0.3) is 0 Å². The Morgan fingerprint density at radius 3 is 2.37 bits per heavy atom. The number of aromatic nitrogens is 3. The molecule has 2 aromatic heterocycles. The van der Waals surface area contributed by atoms with E-state index in [1.165, 1.54) is 17.2 Å². The molecule has 4 amide bonds. The largest absolute Gasteiger partial charge is 0.414 e. The van der Waals surface area contributed by atoms with Crippen molar-refractivity contribution in [3.05, 3.63) is 65.6 Å². The van der Waals surface area contributed by atoms with Gasteiger partial charge in [-0.3, -0.25) is 29.5 Å². The first-order valence-corrected chi connectivity index (χ1v) is 20.5. The van der Waals surface area contributed by atoms with Crippen molar-refractivity contribution in [2.24, 2.45) is 11.3 Å². The quantitative estimate of drug-likeness (QED) is 0.176. The van der Waals surface area contributed by atoms with Crippen LogP contribution >= 0.6 is 11.6 Å². The molecule has 59 heavy (non-hydrogen) atoms. The van der Waals surface area contributed by atoms with Crippen molar-refractivity contribution in [2.45, 2.75) is 70.0 Å². The monoisotopic (exact) mass is 834 g/mol. The van der Waals surface area contributed by atoms with Crippen LogP contribution in [0, 0.1) is 11.3 Å². The fraction of sp³-hybridized carbons (Fsp3) is 0.488. The molecule has 4 saturated heterocycles. The van der Waals surface area contributed by atoms with Crippen LogP contribution in [0.4, 0.5) is 47.7 Å². The van der Waals surface area contributed by atoms with Crippen LogP contribution in [0.2, 0.25) is 5.02 Å². The molecule has 312 valence electrons. The summed E-state index contributed by atoms with van der Waals surface area (Å²) in [5.41, 5.74) is 1.82. The Hall–Kier alpha value is -5.45. The molecule has 8 rings (SSSR count). The molecule has 0 bridgehead atoms. The van der Waals surface area contributed by atoms with E-state index in [0.29, 0.717) is 76.1 Å². The van der Waals surface area contributed by atoms with E-state index in [4.69, 9.17) is 11.6 Å². The van der Waals surface area contributed by atoms with Crippen molar-refractivity contribution in [3.63, 3.8) is 0 Å². The lowest BCUT2D eigenvalue weighted by molar-refractivity contribution is -0.138. The van der Waals surface area contributed by atoms with Gasteiger partial charge in [-0.1, -0.05) is 17.7 Å². The third-order valence-electron chi connectivity index (χ3n) is 12.3. The molecule has 5 aliphatic rings. The summed E-state index contributed by atoms with van der Waals surface area (Å²) in [4.78, 5) is 71.5. The fourth-order valence-corrected chi connectivity index (χ4v) is 9.04. The fourth-order valence-electron chi connectivity index (χ4n) is 8.83. The highest BCUT2D eigenvalue weighted by Gasteiger charge is 2.49. The standard InChI is InChI=1S/C41H46ClF3N10O4/c42-32-24-47-39(51-36(32)54-14-1-2-27(25-54)41(43,44)45)49-29-21-31(23-46-22-29)55-19-13-40(38(55)59)11-17-53(18-12-40)35(57)20-26-9-15-52(16-10-26)30-5-3-28(4-6-30)48-33-7-8-34(56)50-37(33)58/h2-6,21-24,26,33,48H,1,7-20,25H2,(H,47,49,51)(H,50,56,58). The Morgan fingerprint density at radius 1 is 0.898 bits per heavy atom. The number of alkyl halides is 3. The molecule has 18 heteroatoms. The van der Waals surface area contributed by atoms with Crippen molar-refractivity contribution >= 4 is 69.7 Å². The van der Waals surface area contributed by atoms with Gasteiger partial charge in [-0.05, 0) is 81.2 Å². The number of carbonyl (C=O) groups is 4. The molecule has 14 nitrogen and oxygen atoms in total. The molecule has 1 aromatic carbocycles. The minimum atomic E-state index is -4.44. The lowest BCUT2D eigenvalue weighted by atomic mass is 9.77. The Labute approximate surface area is 344 Å². The van der Waals surface area contributed by atoms with Gasteiger partial charge in [0.05, 0.1) is 35.4 Å². The molecule has 1 spiro atoms. The first-order chi connectivity index (χ1) is 28.3.